The number of hydrogen-bond acceptors (Lipinski definition) is 3. The average Bonchev–Trinajstić information content (AvgIpc) is 2.82. The van der Waals surface area contributed by atoms with E-state index < -0.39 is 0 Å². The molecule has 0 aliphatic rings. The first-order valence-electron chi connectivity index (χ1n) is 6.86. The average molecular weight is 300 g/mol. The van der Waals surface area contributed by atoms with E-state index in [4.69, 9.17) is 0 Å². The minimum absolute atomic E-state index is 0.0994. The molecule has 0 bridgehead atoms. The van der Waals surface area contributed by atoms with Gasteiger partial charge in [-0.15, -0.1) is 0 Å². The first-order chi connectivity index (χ1) is 9.84. The fourth-order valence-corrected chi connectivity index (χ4v) is 2.61. The molecular weight excluding hydrogens is 280 g/mol. The van der Waals surface area contributed by atoms with Gasteiger partial charge in [0.15, 0.2) is 5.13 Å². The quantitative estimate of drug-likeness (QED) is 0.902. The van der Waals surface area contributed by atoms with Crippen molar-refractivity contribution in [2.24, 2.45) is 0 Å². The van der Waals surface area contributed by atoms with Gasteiger partial charge >= 0.3 is 0 Å². The maximum atomic E-state index is 11.0. The van der Waals surface area contributed by atoms with Gasteiger partial charge < -0.3 is 5.32 Å². The predicted octanol–water partition coefficient (Wildman–Crippen LogP) is 4.57. The third-order valence-electron chi connectivity index (χ3n) is 3.02. The molecule has 1 heterocycles. The van der Waals surface area contributed by atoms with Crippen LogP contribution in [0.25, 0.3) is 12.2 Å². The Labute approximate surface area is 129 Å². The predicted molar refractivity (Wildman–Crippen MR) is 90.5 cm³/mol. The van der Waals surface area contributed by atoms with E-state index in [2.05, 4.69) is 61.4 Å². The Morgan fingerprint density at radius 2 is 1.86 bits per heavy atom. The molecule has 0 saturated heterocycles. The fourth-order valence-electron chi connectivity index (χ4n) is 1.84. The summed E-state index contributed by atoms with van der Waals surface area (Å²) < 4.78 is 0. The molecule has 4 heteroatoms. The van der Waals surface area contributed by atoms with Crippen LogP contribution >= 0.6 is 11.3 Å². The SMILES string of the molecule is CC(=O)Nc1ncc(C=Cc2ccc(C(C)(C)C)cc2)s1. The number of carbonyl (C=O) groups excluding carboxylic acids is 1. The van der Waals surface area contributed by atoms with Gasteiger partial charge in [0, 0.05) is 18.0 Å². The first-order valence-corrected chi connectivity index (χ1v) is 7.68. The summed E-state index contributed by atoms with van der Waals surface area (Å²) in [5.74, 6) is -0.0994. The molecule has 0 atom stereocenters. The number of amides is 1. The number of anilines is 1. The monoisotopic (exact) mass is 300 g/mol. The summed E-state index contributed by atoms with van der Waals surface area (Å²) >= 11 is 1.46. The van der Waals surface area contributed by atoms with Gasteiger partial charge in [0.1, 0.15) is 0 Å². The van der Waals surface area contributed by atoms with Crippen LogP contribution in [-0.2, 0) is 10.2 Å². The second-order valence-corrected chi connectivity index (χ2v) is 7.02. The number of carbonyl (C=O) groups is 1. The summed E-state index contributed by atoms with van der Waals surface area (Å²) in [6.45, 7) is 8.10. The molecule has 0 radical (unpaired) electrons. The number of nitrogens with zero attached hydrogens (tertiary/aromatic N) is 1. The summed E-state index contributed by atoms with van der Waals surface area (Å²) in [7, 11) is 0. The lowest BCUT2D eigenvalue weighted by molar-refractivity contribution is -0.114. The maximum Gasteiger partial charge on any atom is 0.223 e. The fraction of sp³-hybridized carbons (Fsp3) is 0.294. The molecule has 1 N–H and O–H groups in total. The zero-order valence-corrected chi connectivity index (χ0v) is 13.6. The highest BCUT2D eigenvalue weighted by atomic mass is 32.1. The van der Waals surface area contributed by atoms with E-state index in [0.717, 1.165) is 10.4 Å². The van der Waals surface area contributed by atoms with Gasteiger partial charge in [-0.3, -0.25) is 4.79 Å². The molecule has 0 saturated carbocycles. The zero-order chi connectivity index (χ0) is 15.5. The van der Waals surface area contributed by atoms with Crippen molar-refractivity contribution >= 4 is 34.5 Å². The van der Waals surface area contributed by atoms with Crippen LogP contribution in [0.3, 0.4) is 0 Å². The molecule has 1 aromatic carbocycles. The van der Waals surface area contributed by atoms with Crippen LogP contribution in [0.5, 0.6) is 0 Å². The van der Waals surface area contributed by atoms with E-state index >= 15 is 0 Å². The molecule has 2 aromatic rings. The molecule has 110 valence electrons. The Kier molecular flexibility index (Phi) is 4.58. The maximum absolute atomic E-state index is 11.0. The van der Waals surface area contributed by atoms with E-state index in [1.807, 2.05) is 6.08 Å². The number of aromatic nitrogens is 1. The summed E-state index contributed by atoms with van der Waals surface area (Å²) in [4.78, 5) is 16.1. The Hall–Kier alpha value is -1.94. The number of benzene rings is 1. The summed E-state index contributed by atoms with van der Waals surface area (Å²) in [5, 5.41) is 3.31. The van der Waals surface area contributed by atoms with Crippen molar-refractivity contribution in [3.05, 3.63) is 46.5 Å². The minimum atomic E-state index is -0.0994. The van der Waals surface area contributed by atoms with Crippen molar-refractivity contribution in [3.8, 4) is 0 Å². The second-order valence-electron chi connectivity index (χ2n) is 5.95. The highest BCUT2D eigenvalue weighted by Crippen LogP contribution is 2.23. The lowest BCUT2D eigenvalue weighted by Gasteiger charge is -2.18. The highest BCUT2D eigenvalue weighted by molar-refractivity contribution is 7.16. The van der Waals surface area contributed by atoms with Gasteiger partial charge in [-0.05, 0) is 22.6 Å². The zero-order valence-electron chi connectivity index (χ0n) is 12.8. The molecule has 0 fully saturated rings. The number of rotatable bonds is 3. The van der Waals surface area contributed by atoms with Gasteiger partial charge in [0.05, 0.1) is 0 Å². The molecular formula is C17H20N2OS. The molecule has 0 aliphatic heterocycles. The molecule has 1 amide bonds. The first kappa shape index (κ1) is 15.4. The molecule has 1 aromatic heterocycles. The van der Waals surface area contributed by atoms with Crippen molar-refractivity contribution in [2.75, 3.05) is 5.32 Å². The van der Waals surface area contributed by atoms with E-state index in [-0.39, 0.29) is 11.3 Å². The van der Waals surface area contributed by atoms with Crippen molar-refractivity contribution in [3.63, 3.8) is 0 Å². The topological polar surface area (TPSA) is 42.0 Å². The van der Waals surface area contributed by atoms with Crippen molar-refractivity contribution in [2.45, 2.75) is 33.1 Å². The minimum Gasteiger partial charge on any atom is -0.302 e. The Morgan fingerprint density at radius 3 is 2.43 bits per heavy atom. The standard InChI is InChI=1S/C17H20N2OS/c1-12(20)19-16-18-11-15(21-16)10-7-13-5-8-14(9-6-13)17(2,3)4/h5-11H,1-4H3,(H,18,19,20). The van der Waals surface area contributed by atoms with Gasteiger partial charge in [-0.2, -0.15) is 0 Å². The summed E-state index contributed by atoms with van der Waals surface area (Å²) in [6.07, 6.45) is 5.82. The van der Waals surface area contributed by atoms with Gasteiger partial charge in [-0.25, -0.2) is 4.98 Å². The number of hydrogen-bond donors (Lipinski definition) is 1. The van der Waals surface area contributed by atoms with E-state index in [1.54, 1.807) is 6.20 Å². The van der Waals surface area contributed by atoms with Crippen molar-refractivity contribution in [1.82, 2.24) is 4.98 Å². The molecule has 0 unspecified atom stereocenters. The van der Waals surface area contributed by atoms with E-state index in [1.165, 1.54) is 23.8 Å². The van der Waals surface area contributed by atoms with Gasteiger partial charge in [-0.1, -0.05) is 62.4 Å². The van der Waals surface area contributed by atoms with Crippen LogP contribution in [0.1, 0.15) is 43.7 Å². The summed E-state index contributed by atoms with van der Waals surface area (Å²) in [6, 6.07) is 8.56. The smallest absolute Gasteiger partial charge is 0.223 e. The van der Waals surface area contributed by atoms with Crippen molar-refractivity contribution < 1.29 is 4.79 Å². The largest absolute Gasteiger partial charge is 0.302 e. The second kappa shape index (κ2) is 6.22. The molecule has 0 aliphatic carbocycles. The van der Waals surface area contributed by atoms with Crippen LogP contribution in [-0.4, -0.2) is 10.9 Å². The van der Waals surface area contributed by atoms with E-state index in [0.29, 0.717) is 5.13 Å². The van der Waals surface area contributed by atoms with Crippen LogP contribution < -0.4 is 5.32 Å². The highest BCUT2D eigenvalue weighted by Gasteiger charge is 2.12. The van der Waals surface area contributed by atoms with Crippen molar-refractivity contribution in [1.29, 1.82) is 0 Å². The van der Waals surface area contributed by atoms with Gasteiger partial charge in [0.25, 0.3) is 0 Å². The lowest BCUT2D eigenvalue weighted by atomic mass is 9.87. The lowest BCUT2D eigenvalue weighted by Crippen LogP contribution is -2.10. The molecule has 0 spiro atoms. The van der Waals surface area contributed by atoms with Crippen LogP contribution in [0.4, 0.5) is 5.13 Å². The molecule has 3 nitrogen and oxygen atoms in total. The Balaban J connectivity index is 2.07. The Morgan fingerprint density at radius 1 is 1.19 bits per heavy atom. The van der Waals surface area contributed by atoms with E-state index in [9.17, 15) is 4.79 Å². The third-order valence-corrected chi connectivity index (χ3v) is 3.90. The van der Waals surface area contributed by atoms with Crippen LogP contribution in [0, 0.1) is 0 Å². The summed E-state index contributed by atoms with van der Waals surface area (Å²) in [5.41, 5.74) is 2.65. The Bertz CT molecular complexity index is 648. The number of nitrogens with one attached hydrogen (secondary N) is 1. The third kappa shape index (κ3) is 4.53. The normalized spacial score (nSPS) is 11.8. The van der Waals surface area contributed by atoms with Gasteiger partial charge in [0.2, 0.25) is 5.91 Å². The number of thiazole rings is 1. The van der Waals surface area contributed by atoms with Crippen LogP contribution in [0.15, 0.2) is 30.5 Å². The molecule has 21 heavy (non-hydrogen) atoms. The molecule has 2 rings (SSSR count). The van der Waals surface area contributed by atoms with Crippen LogP contribution in [0.2, 0.25) is 0 Å².